The molecule has 1 heterocycles. The topological polar surface area (TPSA) is 88.8 Å². The maximum Gasteiger partial charge on any atom is 0.408 e. The van der Waals surface area contributed by atoms with Crippen molar-refractivity contribution in [2.45, 2.75) is 52.2 Å². The van der Waals surface area contributed by atoms with E-state index in [0.29, 0.717) is 12.2 Å². The molecule has 0 aliphatic carbocycles. The van der Waals surface area contributed by atoms with Gasteiger partial charge in [-0.1, -0.05) is 6.92 Å². The number of hydrogen-bond acceptors (Lipinski definition) is 4. The Kier molecular flexibility index (Phi) is 5.19. The van der Waals surface area contributed by atoms with Gasteiger partial charge in [-0.2, -0.15) is 0 Å². The van der Waals surface area contributed by atoms with Crippen LogP contribution in [0.15, 0.2) is 16.5 Å². The Labute approximate surface area is 118 Å². The third-order valence-electron chi connectivity index (χ3n) is 2.44. The van der Waals surface area contributed by atoms with E-state index < -0.39 is 23.7 Å². The highest BCUT2D eigenvalue weighted by Crippen LogP contribution is 2.21. The zero-order valence-electron chi connectivity index (χ0n) is 12.2. The van der Waals surface area contributed by atoms with E-state index in [2.05, 4.69) is 5.32 Å². The fourth-order valence-corrected chi connectivity index (χ4v) is 1.62. The molecule has 112 valence electrons. The lowest BCUT2D eigenvalue weighted by atomic mass is 10.1. The van der Waals surface area contributed by atoms with Crippen LogP contribution in [-0.4, -0.2) is 22.8 Å². The first-order chi connectivity index (χ1) is 9.21. The van der Waals surface area contributed by atoms with Crippen molar-refractivity contribution in [2.24, 2.45) is 0 Å². The van der Waals surface area contributed by atoms with Gasteiger partial charge in [-0.3, -0.25) is 4.79 Å². The molecule has 1 aromatic heterocycles. The number of nitrogens with one attached hydrogen (secondary N) is 1. The average molecular weight is 283 g/mol. The van der Waals surface area contributed by atoms with Crippen LogP contribution in [0.5, 0.6) is 0 Å². The van der Waals surface area contributed by atoms with Crippen molar-refractivity contribution in [2.75, 3.05) is 0 Å². The molecule has 1 atom stereocenters. The molecular formula is C14H21NO5. The normalized spacial score (nSPS) is 12.8. The molecule has 1 rings (SSSR count). The summed E-state index contributed by atoms with van der Waals surface area (Å²) in [5.74, 6) is 0.122. The Morgan fingerprint density at radius 1 is 1.40 bits per heavy atom. The third kappa shape index (κ3) is 5.34. The van der Waals surface area contributed by atoms with Gasteiger partial charge >= 0.3 is 12.1 Å². The number of alkyl carbamates (subject to hydrolysis) is 1. The molecule has 0 aromatic carbocycles. The summed E-state index contributed by atoms with van der Waals surface area (Å²) >= 11 is 0. The number of rotatable bonds is 5. The van der Waals surface area contributed by atoms with Crippen molar-refractivity contribution in [3.05, 3.63) is 23.7 Å². The molecule has 6 nitrogen and oxygen atoms in total. The first kappa shape index (κ1) is 16.1. The molecule has 0 aliphatic heterocycles. The Hall–Kier alpha value is -1.98. The molecule has 1 amide bonds. The number of aryl methyl sites for hydroxylation is 1. The Balaban J connectivity index is 2.79. The van der Waals surface area contributed by atoms with Crippen LogP contribution in [0.2, 0.25) is 0 Å². The summed E-state index contributed by atoms with van der Waals surface area (Å²) in [4.78, 5) is 22.6. The summed E-state index contributed by atoms with van der Waals surface area (Å²) in [6.07, 6.45) is -0.236. The van der Waals surface area contributed by atoms with Gasteiger partial charge in [0.2, 0.25) is 0 Å². The quantitative estimate of drug-likeness (QED) is 0.867. The molecule has 0 unspecified atom stereocenters. The van der Waals surface area contributed by atoms with E-state index in [1.165, 1.54) is 0 Å². The summed E-state index contributed by atoms with van der Waals surface area (Å²) in [6.45, 7) is 7.14. The van der Waals surface area contributed by atoms with Gasteiger partial charge in [-0.05, 0) is 32.9 Å². The summed E-state index contributed by atoms with van der Waals surface area (Å²) < 4.78 is 10.6. The highest BCUT2D eigenvalue weighted by molar-refractivity contribution is 5.71. The first-order valence-electron chi connectivity index (χ1n) is 6.51. The van der Waals surface area contributed by atoms with Crippen molar-refractivity contribution >= 4 is 12.1 Å². The molecule has 20 heavy (non-hydrogen) atoms. The van der Waals surface area contributed by atoms with Crippen molar-refractivity contribution in [1.29, 1.82) is 0 Å². The van der Waals surface area contributed by atoms with Crippen molar-refractivity contribution in [1.82, 2.24) is 5.32 Å². The van der Waals surface area contributed by atoms with Crippen molar-refractivity contribution in [3.8, 4) is 0 Å². The predicted octanol–water partition coefficient (Wildman–Crippen LogP) is 2.88. The lowest BCUT2D eigenvalue weighted by Gasteiger charge is -2.22. The summed E-state index contributed by atoms with van der Waals surface area (Å²) in [5.41, 5.74) is -0.643. The molecule has 0 aliphatic rings. The SMILES string of the molecule is CCc1ccc([C@@H](CC(=O)O)NC(=O)OC(C)(C)C)o1. The summed E-state index contributed by atoms with van der Waals surface area (Å²) in [7, 11) is 0. The predicted molar refractivity (Wildman–Crippen MR) is 72.4 cm³/mol. The number of carbonyl (C=O) groups is 2. The zero-order valence-corrected chi connectivity index (χ0v) is 12.2. The van der Waals surface area contributed by atoms with Crippen LogP contribution in [0.1, 0.15) is 51.7 Å². The van der Waals surface area contributed by atoms with Crippen LogP contribution in [0, 0.1) is 0 Å². The lowest BCUT2D eigenvalue weighted by molar-refractivity contribution is -0.137. The minimum absolute atomic E-state index is 0.268. The van der Waals surface area contributed by atoms with Gasteiger partial charge in [0.15, 0.2) is 0 Å². The van der Waals surface area contributed by atoms with E-state index in [9.17, 15) is 9.59 Å². The van der Waals surface area contributed by atoms with Gasteiger partial charge in [0.05, 0.1) is 6.42 Å². The second kappa shape index (κ2) is 6.45. The molecule has 0 fully saturated rings. The molecule has 0 radical (unpaired) electrons. The third-order valence-corrected chi connectivity index (χ3v) is 2.44. The molecular weight excluding hydrogens is 262 g/mol. The molecule has 1 aromatic rings. The first-order valence-corrected chi connectivity index (χ1v) is 6.51. The smallest absolute Gasteiger partial charge is 0.408 e. The Morgan fingerprint density at radius 2 is 2.05 bits per heavy atom. The zero-order chi connectivity index (χ0) is 15.3. The second-order valence-electron chi connectivity index (χ2n) is 5.45. The maximum absolute atomic E-state index is 11.7. The Morgan fingerprint density at radius 3 is 2.50 bits per heavy atom. The van der Waals surface area contributed by atoms with Gasteiger partial charge in [0.25, 0.3) is 0 Å². The number of carboxylic acid groups (broad SMARTS) is 1. The maximum atomic E-state index is 11.7. The number of amides is 1. The largest absolute Gasteiger partial charge is 0.481 e. The van der Waals surface area contributed by atoms with E-state index in [1.54, 1.807) is 32.9 Å². The number of ether oxygens (including phenoxy) is 1. The van der Waals surface area contributed by atoms with E-state index in [1.807, 2.05) is 6.92 Å². The minimum Gasteiger partial charge on any atom is -0.481 e. The standard InChI is InChI=1S/C14H21NO5/c1-5-9-6-7-11(19-9)10(8-12(16)17)15-13(18)20-14(2,3)4/h6-7,10H,5,8H2,1-4H3,(H,15,18)(H,16,17)/t10-/m1/s1. The van der Waals surface area contributed by atoms with E-state index in [0.717, 1.165) is 5.76 Å². The number of carbonyl (C=O) groups excluding carboxylic acids is 1. The van der Waals surface area contributed by atoms with Gasteiger partial charge in [0.1, 0.15) is 23.2 Å². The number of aliphatic carboxylic acids is 1. The molecule has 0 saturated heterocycles. The summed E-state index contributed by atoms with van der Waals surface area (Å²) in [5, 5.41) is 11.4. The van der Waals surface area contributed by atoms with E-state index in [-0.39, 0.29) is 6.42 Å². The minimum atomic E-state index is -1.03. The van der Waals surface area contributed by atoms with Gasteiger partial charge in [-0.15, -0.1) is 0 Å². The molecule has 0 saturated carbocycles. The fraction of sp³-hybridized carbons (Fsp3) is 0.571. The van der Waals surface area contributed by atoms with E-state index >= 15 is 0 Å². The highest BCUT2D eigenvalue weighted by Gasteiger charge is 2.24. The van der Waals surface area contributed by atoms with Crippen molar-refractivity contribution in [3.63, 3.8) is 0 Å². The number of hydrogen-bond donors (Lipinski definition) is 2. The monoisotopic (exact) mass is 283 g/mol. The molecule has 0 bridgehead atoms. The average Bonchev–Trinajstić information content (AvgIpc) is 2.73. The lowest BCUT2D eigenvalue weighted by Crippen LogP contribution is -2.35. The molecule has 0 spiro atoms. The van der Waals surface area contributed by atoms with Gasteiger partial charge in [-0.25, -0.2) is 4.79 Å². The number of carboxylic acids is 1. The van der Waals surface area contributed by atoms with Gasteiger partial charge < -0.3 is 19.6 Å². The van der Waals surface area contributed by atoms with E-state index in [4.69, 9.17) is 14.3 Å². The van der Waals surface area contributed by atoms with Crippen LogP contribution in [0.25, 0.3) is 0 Å². The summed E-state index contributed by atoms with van der Waals surface area (Å²) in [6, 6.07) is 2.69. The Bertz CT molecular complexity index is 472. The van der Waals surface area contributed by atoms with Crippen LogP contribution in [0.3, 0.4) is 0 Å². The van der Waals surface area contributed by atoms with Crippen LogP contribution in [-0.2, 0) is 16.0 Å². The molecule has 6 heteroatoms. The highest BCUT2D eigenvalue weighted by atomic mass is 16.6. The van der Waals surface area contributed by atoms with Crippen molar-refractivity contribution < 1.29 is 23.8 Å². The van der Waals surface area contributed by atoms with Crippen LogP contribution >= 0.6 is 0 Å². The second-order valence-corrected chi connectivity index (χ2v) is 5.45. The molecule has 2 N–H and O–H groups in total. The van der Waals surface area contributed by atoms with Crippen LogP contribution < -0.4 is 5.32 Å². The van der Waals surface area contributed by atoms with Crippen LogP contribution in [0.4, 0.5) is 4.79 Å². The fourth-order valence-electron chi connectivity index (χ4n) is 1.62. The number of furan rings is 1. The van der Waals surface area contributed by atoms with Gasteiger partial charge in [0, 0.05) is 6.42 Å².